The van der Waals surface area contributed by atoms with Crippen LogP contribution in [0.1, 0.15) is 18.2 Å². The molecule has 0 radical (unpaired) electrons. The molecule has 0 fully saturated rings. The van der Waals surface area contributed by atoms with Crippen LogP contribution in [0.4, 0.5) is 0 Å². The zero-order valence-electron chi connectivity index (χ0n) is 13.0. The maximum Gasteiger partial charge on any atom is 0.0708 e. The van der Waals surface area contributed by atoms with Crippen LogP contribution >= 0.6 is 0 Å². The normalized spacial score (nSPS) is 13.1. The Hall–Kier alpha value is -1.45. The summed E-state index contributed by atoms with van der Waals surface area (Å²) in [6.07, 6.45) is 0. The molecule has 0 aliphatic heterocycles. The van der Waals surface area contributed by atoms with Gasteiger partial charge in [0.1, 0.15) is 0 Å². The SMILES string of the molecule is CNCC(C)CN(C)Cc1cc(C)nc2ccccc12. The highest BCUT2D eigenvalue weighted by molar-refractivity contribution is 5.82. The molecule has 1 atom stereocenters. The summed E-state index contributed by atoms with van der Waals surface area (Å²) in [5.41, 5.74) is 3.56. The lowest BCUT2D eigenvalue weighted by Gasteiger charge is -2.22. The number of nitrogens with one attached hydrogen (secondary N) is 1. The monoisotopic (exact) mass is 271 g/mol. The first kappa shape index (κ1) is 14.9. The molecule has 1 aromatic carbocycles. The number of pyridine rings is 1. The van der Waals surface area contributed by atoms with Crippen molar-refractivity contribution in [3.8, 4) is 0 Å². The summed E-state index contributed by atoms with van der Waals surface area (Å²) in [4.78, 5) is 7.00. The summed E-state index contributed by atoms with van der Waals surface area (Å²) in [5.74, 6) is 0.652. The van der Waals surface area contributed by atoms with E-state index >= 15 is 0 Å². The lowest BCUT2D eigenvalue weighted by atomic mass is 10.1. The zero-order chi connectivity index (χ0) is 14.5. The third-order valence-electron chi connectivity index (χ3n) is 3.55. The quantitative estimate of drug-likeness (QED) is 0.875. The maximum absolute atomic E-state index is 4.61. The minimum atomic E-state index is 0.652. The molecule has 3 nitrogen and oxygen atoms in total. The second-order valence-corrected chi connectivity index (χ2v) is 5.80. The van der Waals surface area contributed by atoms with Gasteiger partial charge in [-0.15, -0.1) is 0 Å². The van der Waals surface area contributed by atoms with Crippen LogP contribution < -0.4 is 5.32 Å². The van der Waals surface area contributed by atoms with Gasteiger partial charge in [0.2, 0.25) is 0 Å². The fourth-order valence-electron chi connectivity index (χ4n) is 2.83. The maximum atomic E-state index is 4.61. The number of aromatic nitrogens is 1. The molecule has 1 aromatic heterocycles. The first-order chi connectivity index (χ1) is 9.60. The number of rotatable bonds is 6. The highest BCUT2D eigenvalue weighted by atomic mass is 15.1. The molecule has 0 aliphatic carbocycles. The van der Waals surface area contributed by atoms with Gasteiger partial charge in [-0.25, -0.2) is 0 Å². The molecule has 0 amide bonds. The molecule has 0 saturated heterocycles. The molecule has 108 valence electrons. The molecular weight excluding hydrogens is 246 g/mol. The van der Waals surface area contributed by atoms with Gasteiger partial charge in [0.15, 0.2) is 0 Å². The Morgan fingerprint density at radius 2 is 2.05 bits per heavy atom. The lowest BCUT2D eigenvalue weighted by molar-refractivity contribution is 0.277. The summed E-state index contributed by atoms with van der Waals surface area (Å²) in [5, 5.41) is 4.51. The van der Waals surface area contributed by atoms with Crippen molar-refractivity contribution in [3.05, 3.63) is 41.6 Å². The fourth-order valence-corrected chi connectivity index (χ4v) is 2.83. The summed E-state index contributed by atoms with van der Waals surface area (Å²) >= 11 is 0. The van der Waals surface area contributed by atoms with Crippen LogP contribution in [-0.2, 0) is 6.54 Å². The van der Waals surface area contributed by atoms with Crippen LogP contribution in [0.25, 0.3) is 10.9 Å². The molecule has 2 rings (SSSR count). The topological polar surface area (TPSA) is 28.2 Å². The highest BCUT2D eigenvalue weighted by Gasteiger charge is 2.09. The molecule has 1 N–H and O–H groups in total. The van der Waals surface area contributed by atoms with Crippen LogP contribution in [0.5, 0.6) is 0 Å². The fraction of sp³-hybridized carbons (Fsp3) is 0.471. The van der Waals surface area contributed by atoms with Gasteiger partial charge in [-0.3, -0.25) is 4.98 Å². The van der Waals surface area contributed by atoms with Gasteiger partial charge in [0, 0.05) is 24.2 Å². The Morgan fingerprint density at radius 1 is 1.30 bits per heavy atom. The number of hydrogen-bond acceptors (Lipinski definition) is 3. The van der Waals surface area contributed by atoms with Crippen molar-refractivity contribution < 1.29 is 0 Å². The van der Waals surface area contributed by atoms with Crippen molar-refractivity contribution in [1.82, 2.24) is 15.2 Å². The van der Waals surface area contributed by atoms with Gasteiger partial charge >= 0.3 is 0 Å². The van der Waals surface area contributed by atoms with Crippen molar-refractivity contribution >= 4 is 10.9 Å². The van der Waals surface area contributed by atoms with Crippen molar-refractivity contribution in [1.29, 1.82) is 0 Å². The molecule has 1 unspecified atom stereocenters. The number of nitrogens with zero attached hydrogens (tertiary/aromatic N) is 2. The average molecular weight is 271 g/mol. The largest absolute Gasteiger partial charge is 0.319 e. The number of fused-ring (bicyclic) bond motifs is 1. The Kier molecular flexibility index (Phi) is 5.10. The zero-order valence-corrected chi connectivity index (χ0v) is 13.0. The predicted molar refractivity (Wildman–Crippen MR) is 85.9 cm³/mol. The minimum absolute atomic E-state index is 0.652. The van der Waals surface area contributed by atoms with Crippen molar-refractivity contribution in [3.63, 3.8) is 0 Å². The Balaban J connectivity index is 2.16. The molecule has 1 heterocycles. The van der Waals surface area contributed by atoms with E-state index in [0.29, 0.717) is 5.92 Å². The van der Waals surface area contributed by atoms with Crippen LogP contribution in [0.2, 0.25) is 0 Å². The average Bonchev–Trinajstić information content (AvgIpc) is 2.38. The van der Waals surface area contributed by atoms with Crippen LogP contribution in [0.3, 0.4) is 0 Å². The van der Waals surface area contributed by atoms with E-state index in [4.69, 9.17) is 0 Å². The number of para-hydroxylation sites is 1. The summed E-state index contributed by atoms with van der Waals surface area (Å²) in [6, 6.07) is 10.6. The summed E-state index contributed by atoms with van der Waals surface area (Å²) < 4.78 is 0. The van der Waals surface area contributed by atoms with E-state index in [1.54, 1.807) is 0 Å². The van der Waals surface area contributed by atoms with Crippen molar-refractivity contribution in [2.75, 3.05) is 27.2 Å². The molecule has 0 aliphatic rings. The van der Waals surface area contributed by atoms with Gasteiger partial charge in [0.05, 0.1) is 5.52 Å². The van der Waals surface area contributed by atoms with E-state index in [9.17, 15) is 0 Å². The predicted octanol–water partition coefficient (Wildman–Crippen LogP) is 2.83. The van der Waals surface area contributed by atoms with E-state index in [1.165, 1.54) is 10.9 Å². The van der Waals surface area contributed by atoms with Gasteiger partial charge in [0.25, 0.3) is 0 Å². The van der Waals surface area contributed by atoms with E-state index in [-0.39, 0.29) is 0 Å². The second-order valence-electron chi connectivity index (χ2n) is 5.80. The molecule has 0 bridgehead atoms. The first-order valence-electron chi connectivity index (χ1n) is 7.28. The molecule has 0 spiro atoms. The number of hydrogen-bond donors (Lipinski definition) is 1. The molecular formula is C17H25N3. The standard InChI is InChI=1S/C17H25N3/c1-13(10-18-3)11-20(4)12-15-9-14(2)19-17-8-6-5-7-16(15)17/h5-9,13,18H,10-12H2,1-4H3. The van der Waals surface area contributed by atoms with Gasteiger partial charge < -0.3 is 10.2 Å². The smallest absolute Gasteiger partial charge is 0.0708 e. The van der Waals surface area contributed by atoms with E-state index in [1.807, 2.05) is 7.05 Å². The van der Waals surface area contributed by atoms with Crippen LogP contribution in [0, 0.1) is 12.8 Å². The van der Waals surface area contributed by atoms with Gasteiger partial charge in [-0.1, -0.05) is 25.1 Å². The van der Waals surface area contributed by atoms with Crippen molar-refractivity contribution in [2.45, 2.75) is 20.4 Å². The third-order valence-corrected chi connectivity index (χ3v) is 3.55. The first-order valence-corrected chi connectivity index (χ1v) is 7.28. The van der Waals surface area contributed by atoms with Gasteiger partial charge in [-0.05, 0) is 51.2 Å². The number of benzene rings is 1. The highest BCUT2D eigenvalue weighted by Crippen LogP contribution is 2.19. The molecule has 20 heavy (non-hydrogen) atoms. The summed E-state index contributed by atoms with van der Waals surface area (Å²) in [6.45, 7) is 7.47. The van der Waals surface area contributed by atoms with Crippen molar-refractivity contribution in [2.24, 2.45) is 5.92 Å². The Bertz CT molecular complexity index is 565. The Labute approximate surface area is 122 Å². The van der Waals surface area contributed by atoms with E-state index in [2.05, 4.69) is 66.4 Å². The van der Waals surface area contributed by atoms with Crippen LogP contribution in [0.15, 0.2) is 30.3 Å². The Morgan fingerprint density at radius 3 is 2.80 bits per heavy atom. The molecule has 0 saturated carbocycles. The van der Waals surface area contributed by atoms with E-state index in [0.717, 1.165) is 30.8 Å². The third kappa shape index (κ3) is 3.78. The van der Waals surface area contributed by atoms with Gasteiger partial charge in [-0.2, -0.15) is 0 Å². The number of aryl methyl sites for hydroxylation is 1. The molecule has 2 aromatic rings. The second kappa shape index (κ2) is 6.82. The van der Waals surface area contributed by atoms with E-state index < -0.39 is 0 Å². The summed E-state index contributed by atoms with van der Waals surface area (Å²) in [7, 11) is 4.20. The minimum Gasteiger partial charge on any atom is -0.319 e. The van der Waals surface area contributed by atoms with Crippen LogP contribution in [-0.4, -0.2) is 37.1 Å². The molecule has 3 heteroatoms. The lowest BCUT2D eigenvalue weighted by Crippen LogP contribution is -2.29.